The number of rotatable bonds is 6. The van der Waals surface area contributed by atoms with Crippen LogP contribution in [-0.4, -0.2) is 57.9 Å². The maximum Gasteiger partial charge on any atom is 0.406 e. The molecule has 0 aliphatic carbocycles. The van der Waals surface area contributed by atoms with Crippen LogP contribution in [0.3, 0.4) is 0 Å². The molecule has 1 saturated heterocycles. The lowest BCUT2D eigenvalue weighted by molar-refractivity contribution is -0.140. The van der Waals surface area contributed by atoms with Crippen molar-refractivity contribution < 1.29 is 30.0 Å². The molecule has 2 aromatic carbocycles. The third kappa shape index (κ3) is 6.82. The predicted octanol–water partition coefficient (Wildman–Crippen LogP) is 4.37. The zero-order chi connectivity index (χ0) is 27.7. The number of aryl methyl sites for hydroxylation is 1. The van der Waals surface area contributed by atoms with Crippen LogP contribution in [-0.2, 0) is 26.2 Å². The van der Waals surface area contributed by atoms with Gasteiger partial charge in [-0.25, -0.2) is 16.8 Å². The molecular weight excluding hydrogens is 539 g/mol. The van der Waals surface area contributed by atoms with E-state index in [1.165, 1.54) is 12.1 Å². The van der Waals surface area contributed by atoms with Gasteiger partial charge in [-0.1, -0.05) is 12.0 Å². The summed E-state index contributed by atoms with van der Waals surface area (Å²) < 4.78 is 88.4. The summed E-state index contributed by atoms with van der Waals surface area (Å²) in [6.45, 7) is 0.782. The molecule has 3 aromatic rings. The molecule has 0 radical (unpaired) electrons. The van der Waals surface area contributed by atoms with Gasteiger partial charge < -0.3 is 15.2 Å². The first kappa shape index (κ1) is 27.9. The molecule has 0 unspecified atom stereocenters. The summed E-state index contributed by atoms with van der Waals surface area (Å²) in [5, 5.41) is 6.98. The SMILES string of the molecule is Cc1ccc2c(cc(C#CCNc3ccc(S(C)(=O)=O)cc3)n2CC(F)(F)F)c1NC1CCS(=O)(=O)CC1. The molecule has 1 fully saturated rings. The topological polar surface area (TPSA) is 97.3 Å². The third-order valence-electron chi connectivity index (χ3n) is 6.41. The molecule has 0 bridgehead atoms. The molecule has 1 aliphatic rings. The van der Waals surface area contributed by atoms with E-state index in [-0.39, 0.29) is 34.7 Å². The second-order valence-electron chi connectivity index (χ2n) is 9.44. The highest BCUT2D eigenvalue weighted by Crippen LogP contribution is 2.33. The van der Waals surface area contributed by atoms with Gasteiger partial charge in [-0.3, -0.25) is 0 Å². The smallest absolute Gasteiger partial charge is 0.381 e. The lowest BCUT2D eigenvalue weighted by atomic mass is 10.1. The van der Waals surface area contributed by atoms with Crippen molar-refractivity contribution in [1.29, 1.82) is 0 Å². The molecule has 1 aliphatic heterocycles. The van der Waals surface area contributed by atoms with Gasteiger partial charge in [0.25, 0.3) is 0 Å². The number of benzene rings is 2. The molecule has 204 valence electrons. The lowest BCUT2D eigenvalue weighted by Crippen LogP contribution is -2.32. The maximum absolute atomic E-state index is 13.5. The van der Waals surface area contributed by atoms with Crippen molar-refractivity contribution in [3.8, 4) is 11.8 Å². The van der Waals surface area contributed by atoms with Gasteiger partial charge in [0.05, 0.1) is 34.2 Å². The number of halogens is 3. The Morgan fingerprint density at radius 1 is 1.08 bits per heavy atom. The number of hydrogen-bond acceptors (Lipinski definition) is 6. The van der Waals surface area contributed by atoms with Gasteiger partial charge in [0.15, 0.2) is 9.84 Å². The predicted molar refractivity (Wildman–Crippen MR) is 143 cm³/mol. The number of nitrogens with one attached hydrogen (secondary N) is 2. The summed E-state index contributed by atoms with van der Waals surface area (Å²) in [6.07, 6.45) is -2.48. The van der Waals surface area contributed by atoms with E-state index in [9.17, 15) is 30.0 Å². The van der Waals surface area contributed by atoms with Gasteiger partial charge in [0.2, 0.25) is 0 Å². The van der Waals surface area contributed by atoms with Crippen LogP contribution in [0.4, 0.5) is 24.5 Å². The Bertz CT molecular complexity index is 1600. The van der Waals surface area contributed by atoms with Crippen molar-refractivity contribution in [1.82, 2.24) is 4.57 Å². The molecule has 12 heteroatoms. The highest BCUT2D eigenvalue weighted by molar-refractivity contribution is 7.91. The van der Waals surface area contributed by atoms with Crippen LogP contribution in [0.1, 0.15) is 24.1 Å². The summed E-state index contributed by atoms with van der Waals surface area (Å²) in [4.78, 5) is 0.181. The van der Waals surface area contributed by atoms with Crippen LogP contribution in [0.25, 0.3) is 10.9 Å². The molecule has 0 saturated carbocycles. The van der Waals surface area contributed by atoms with E-state index >= 15 is 0 Å². The highest BCUT2D eigenvalue weighted by Gasteiger charge is 2.30. The van der Waals surface area contributed by atoms with Gasteiger partial charge in [-0.05, 0) is 67.6 Å². The average Bonchev–Trinajstić information content (AvgIpc) is 3.15. The minimum absolute atomic E-state index is 0.0789. The van der Waals surface area contributed by atoms with Gasteiger partial charge in [0, 0.05) is 29.1 Å². The monoisotopic (exact) mass is 567 g/mol. The number of alkyl halides is 3. The number of sulfone groups is 2. The fraction of sp³-hybridized carbons (Fsp3) is 0.385. The largest absolute Gasteiger partial charge is 0.406 e. The Labute approximate surface area is 220 Å². The molecule has 2 N–H and O–H groups in total. The van der Waals surface area contributed by atoms with Crippen LogP contribution in [0.2, 0.25) is 0 Å². The summed E-state index contributed by atoms with van der Waals surface area (Å²) in [5.74, 6) is 5.85. The van der Waals surface area contributed by atoms with E-state index in [0.717, 1.165) is 16.4 Å². The molecule has 0 spiro atoms. The average molecular weight is 568 g/mol. The van der Waals surface area contributed by atoms with Crippen molar-refractivity contribution in [2.75, 3.05) is 34.9 Å². The van der Waals surface area contributed by atoms with Crippen LogP contribution in [0.15, 0.2) is 47.4 Å². The lowest BCUT2D eigenvalue weighted by Gasteiger charge is -2.25. The fourth-order valence-electron chi connectivity index (χ4n) is 4.43. The molecule has 0 atom stereocenters. The van der Waals surface area contributed by atoms with Gasteiger partial charge in [-0.2, -0.15) is 13.2 Å². The van der Waals surface area contributed by atoms with Crippen LogP contribution in [0.5, 0.6) is 0 Å². The number of anilines is 2. The third-order valence-corrected chi connectivity index (χ3v) is 9.26. The van der Waals surface area contributed by atoms with Crippen molar-refractivity contribution in [3.05, 3.63) is 53.7 Å². The first-order chi connectivity index (χ1) is 17.7. The van der Waals surface area contributed by atoms with E-state index < -0.39 is 32.4 Å². The molecule has 38 heavy (non-hydrogen) atoms. The zero-order valence-electron chi connectivity index (χ0n) is 20.9. The van der Waals surface area contributed by atoms with Gasteiger partial charge in [-0.15, -0.1) is 0 Å². The second kappa shape index (κ2) is 10.5. The normalized spacial score (nSPS) is 16.1. The fourth-order valence-corrected chi connectivity index (χ4v) is 6.55. The van der Waals surface area contributed by atoms with Crippen LogP contribution >= 0.6 is 0 Å². The Kier molecular flexibility index (Phi) is 7.72. The molecule has 2 heterocycles. The molecule has 7 nitrogen and oxygen atoms in total. The Morgan fingerprint density at radius 3 is 2.34 bits per heavy atom. The Balaban J connectivity index is 1.61. The van der Waals surface area contributed by atoms with Crippen LogP contribution in [0, 0.1) is 18.8 Å². The van der Waals surface area contributed by atoms with E-state index in [0.29, 0.717) is 35.1 Å². The summed E-state index contributed by atoms with van der Waals surface area (Å²) >= 11 is 0. The maximum atomic E-state index is 13.5. The highest BCUT2D eigenvalue weighted by atomic mass is 32.2. The van der Waals surface area contributed by atoms with E-state index in [1.807, 2.05) is 6.92 Å². The quantitative estimate of drug-likeness (QED) is 0.430. The second-order valence-corrected chi connectivity index (χ2v) is 13.8. The van der Waals surface area contributed by atoms with Crippen molar-refractivity contribution >= 4 is 42.0 Å². The van der Waals surface area contributed by atoms with Gasteiger partial charge in [0.1, 0.15) is 16.4 Å². The number of nitrogens with zero attached hydrogens (tertiary/aromatic N) is 1. The minimum atomic E-state index is -4.46. The Hall–Kier alpha value is -3.17. The molecule has 1 aromatic heterocycles. The molecule has 4 rings (SSSR count). The minimum Gasteiger partial charge on any atom is -0.381 e. The molecular formula is C26H28F3N3O4S2. The van der Waals surface area contributed by atoms with Crippen molar-refractivity contribution in [2.24, 2.45) is 0 Å². The van der Waals surface area contributed by atoms with E-state index in [2.05, 4.69) is 22.5 Å². The first-order valence-corrected chi connectivity index (χ1v) is 15.6. The summed E-state index contributed by atoms with van der Waals surface area (Å²) in [6, 6.07) is 11.0. The summed E-state index contributed by atoms with van der Waals surface area (Å²) in [5.41, 5.74) is 2.73. The number of aromatic nitrogens is 1. The number of fused-ring (bicyclic) bond motifs is 1. The standard InChI is InChI=1S/C26H28F3N3O4S2/c1-18-5-10-24-23(25(18)31-20-11-14-38(35,36)15-12-20)16-21(32(24)17-26(27,28)29)4-3-13-30-19-6-8-22(9-7-19)37(2,33)34/h5-10,16,20,30-31H,11-15,17H2,1-2H3. The number of hydrogen-bond donors (Lipinski definition) is 2. The van der Waals surface area contributed by atoms with Gasteiger partial charge >= 0.3 is 6.18 Å². The molecule has 0 amide bonds. The van der Waals surface area contributed by atoms with E-state index in [1.54, 1.807) is 30.3 Å². The zero-order valence-corrected chi connectivity index (χ0v) is 22.5. The van der Waals surface area contributed by atoms with Crippen molar-refractivity contribution in [2.45, 2.75) is 43.4 Å². The van der Waals surface area contributed by atoms with Crippen molar-refractivity contribution in [3.63, 3.8) is 0 Å². The van der Waals surface area contributed by atoms with Crippen LogP contribution < -0.4 is 10.6 Å². The Morgan fingerprint density at radius 2 is 1.74 bits per heavy atom. The first-order valence-electron chi connectivity index (χ1n) is 11.9. The summed E-state index contributed by atoms with van der Waals surface area (Å²) in [7, 11) is -6.36. The van der Waals surface area contributed by atoms with E-state index in [4.69, 9.17) is 0 Å².